The number of anilines is 2. The Balaban J connectivity index is 0.00000187. The fraction of sp³-hybridized carbons (Fsp3) is 0.480. The van der Waals surface area contributed by atoms with Crippen molar-refractivity contribution in [3.8, 4) is 6.01 Å². The van der Waals surface area contributed by atoms with E-state index in [1.54, 1.807) is 20.1 Å². The summed E-state index contributed by atoms with van der Waals surface area (Å²) in [7, 11) is 0. The monoisotopic (exact) mass is 454 g/mol. The molecule has 3 aromatic rings. The number of aromatic amines is 1. The normalized spacial score (nSPS) is 11.4. The Bertz CT molecular complexity index is 1000. The number of para-hydroxylation sites is 1. The molecule has 0 aliphatic rings. The molecule has 8 nitrogen and oxygen atoms in total. The summed E-state index contributed by atoms with van der Waals surface area (Å²) in [6, 6.07) is 10.2. The van der Waals surface area contributed by atoms with Gasteiger partial charge in [-0.1, -0.05) is 45.9 Å². The number of H-pyrrole nitrogens is 1. The lowest BCUT2D eigenvalue weighted by Crippen LogP contribution is -2.29. The molecule has 0 aliphatic carbocycles. The summed E-state index contributed by atoms with van der Waals surface area (Å²) >= 11 is 0. The molecule has 0 atom stereocenters. The molecule has 0 fully saturated rings. The topological polar surface area (TPSA) is 98.7 Å². The fourth-order valence-electron chi connectivity index (χ4n) is 3.18. The van der Waals surface area contributed by atoms with Crippen molar-refractivity contribution in [1.82, 2.24) is 15.0 Å². The Hall–Kier alpha value is -3.13. The van der Waals surface area contributed by atoms with Gasteiger partial charge in [-0.2, -0.15) is 15.1 Å². The number of benzene rings is 1. The number of rotatable bonds is 11. The molecule has 33 heavy (non-hydrogen) atoms. The molecule has 0 saturated heterocycles. The molecule has 0 saturated carbocycles. The molecular weight excluding hydrogens is 416 g/mol. The molecule has 2 aromatic heterocycles. The molecule has 180 valence electrons. The number of nitrogens with zero attached hydrogens (tertiary/aromatic N) is 4. The van der Waals surface area contributed by atoms with E-state index < -0.39 is 5.60 Å². The van der Waals surface area contributed by atoms with Gasteiger partial charge in [0.15, 0.2) is 0 Å². The Kier molecular flexibility index (Phi) is 10.1. The molecule has 0 amide bonds. The summed E-state index contributed by atoms with van der Waals surface area (Å²) < 4.78 is 5.68. The minimum atomic E-state index is -0.975. The van der Waals surface area contributed by atoms with Crippen molar-refractivity contribution in [3.63, 3.8) is 0 Å². The summed E-state index contributed by atoms with van der Waals surface area (Å²) in [5.74, 6) is 0.790. The number of hydrazone groups is 1. The van der Waals surface area contributed by atoms with E-state index in [1.807, 2.05) is 50.4 Å². The lowest BCUT2D eigenvalue weighted by atomic mass is 10.2. The number of nitrogens with one attached hydrogen (secondary N) is 2. The first-order valence-electron chi connectivity index (χ1n) is 11.7. The van der Waals surface area contributed by atoms with Gasteiger partial charge in [0.2, 0.25) is 0 Å². The maximum absolute atomic E-state index is 10.00. The second-order valence-corrected chi connectivity index (χ2v) is 8.14. The second-order valence-electron chi connectivity index (χ2n) is 8.14. The maximum Gasteiger partial charge on any atom is 0.319 e. The van der Waals surface area contributed by atoms with E-state index in [4.69, 9.17) is 4.74 Å². The smallest absolute Gasteiger partial charge is 0.319 e. The van der Waals surface area contributed by atoms with Gasteiger partial charge in [0, 0.05) is 36.3 Å². The quantitative estimate of drug-likeness (QED) is 0.272. The van der Waals surface area contributed by atoms with Gasteiger partial charge < -0.3 is 19.7 Å². The molecule has 0 radical (unpaired) electrons. The zero-order valence-electron chi connectivity index (χ0n) is 20.7. The van der Waals surface area contributed by atoms with Crippen LogP contribution in [-0.2, 0) is 0 Å². The first-order chi connectivity index (χ1) is 15.9. The second kappa shape index (κ2) is 12.8. The third-order valence-corrected chi connectivity index (χ3v) is 4.55. The molecule has 0 aliphatic heterocycles. The number of aliphatic hydroxyl groups is 1. The Morgan fingerprint density at radius 1 is 1.15 bits per heavy atom. The predicted molar refractivity (Wildman–Crippen MR) is 137 cm³/mol. The summed E-state index contributed by atoms with van der Waals surface area (Å²) in [5, 5.41) is 15.4. The van der Waals surface area contributed by atoms with Crippen LogP contribution in [0.25, 0.3) is 10.9 Å². The van der Waals surface area contributed by atoms with E-state index in [0.717, 1.165) is 48.3 Å². The Labute approximate surface area is 197 Å². The van der Waals surface area contributed by atoms with Gasteiger partial charge in [-0.3, -0.25) is 5.43 Å². The number of fused-ring (bicyclic) bond motifs is 1. The Morgan fingerprint density at radius 2 is 1.85 bits per heavy atom. The van der Waals surface area contributed by atoms with Crippen LogP contribution in [0, 0.1) is 0 Å². The molecule has 2 heterocycles. The largest absolute Gasteiger partial charge is 0.460 e. The van der Waals surface area contributed by atoms with Crippen molar-refractivity contribution >= 4 is 28.6 Å². The minimum Gasteiger partial charge on any atom is -0.460 e. The first kappa shape index (κ1) is 26.1. The fourth-order valence-corrected chi connectivity index (χ4v) is 3.18. The zero-order valence-corrected chi connectivity index (χ0v) is 20.7. The van der Waals surface area contributed by atoms with Crippen LogP contribution in [0.5, 0.6) is 6.01 Å². The van der Waals surface area contributed by atoms with E-state index in [0.29, 0.717) is 5.69 Å². The average molecular weight is 455 g/mol. The average Bonchev–Trinajstić information content (AvgIpc) is 3.21. The molecule has 0 spiro atoms. The lowest BCUT2D eigenvalue weighted by molar-refractivity contribution is 0.0250. The highest BCUT2D eigenvalue weighted by Gasteiger charge is 2.16. The van der Waals surface area contributed by atoms with Crippen LogP contribution in [0.2, 0.25) is 0 Å². The third-order valence-electron chi connectivity index (χ3n) is 4.55. The van der Waals surface area contributed by atoms with Crippen molar-refractivity contribution in [3.05, 3.63) is 42.2 Å². The van der Waals surface area contributed by atoms with E-state index in [9.17, 15) is 5.11 Å². The maximum atomic E-state index is 10.00. The van der Waals surface area contributed by atoms with Gasteiger partial charge in [-0.05, 0) is 32.8 Å². The molecular formula is C25H38N6O2. The van der Waals surface area contributed by atoms with Crippen LogP contribution in [0.15, 0.2) is 41.6 Å². The van der Waals surface area contributed by atoms with Crippen LogP contribution < -0.4 is 15.1 Å². The van der Waals surface area contributed by atoms with Crippen LogP contribution in [0.4, 0.5) is 11.5 Å². The highest BCUT2D eigenvalue weighted by Crippen LogP contribution is 2.22. The first-order valence-corrected chi connectivity index (χ1v) is 11.7. The summed E-state index contributed by atoms with van der Waals surface area (Å²) in [5.41, 5.74) is 4.65. The number of hydrogen-bond donors (Lipinski definition) is 3. The molecule has 0 bridgehead atoms. The van der Waals surface area contributed by atoms with Gasteiger partial charge in [0.1, 0.15) is 12.4 Å². The van der Waals surface area contributed by atoms with Crippen molar-refractivity contribution in [2.24, 2.45) is 5.10 Å². The van der Waals surface area contributed by atoms with Gasteiger partial charge >= 0.3 is 6.01 Å². The van der Waals surface area contributed by atoms with Crippen molar-refractivity contribution in [2.75, 3.05) is 30.0 Å². The lowest BCUT2D eigenvalue weighted by Gasteiger charge is -2.23. The SMILES string of the molecule is CC.CCCN(CCC)c1cc(/C=N/Nc2c[nH]c3ccccc23)nc(OCC(C)(C)O)n1. The number of ether oxygens (including phenoxy) is 1. The van der Waals surface area contributed by atoms with E-state index in [1.165, 1.54) is 0 Å². The predicted octanol–water partition coefficient (Wildman–Crippen LogP) is 5.21. The summed E-state index contributed by atoms with van der Waals surface area (Å²) in [6.45, 7) is 13.5. The highest BCUT2D eigenvalue weighted by atomic mass is 16.5. The van der Waals surface area contributed by atoms with Gasteiger partial charge in [-0.15, -0.1) is 0 Å². The van der Waals surface area contributed by atoms with E-state index in [-0.39, 0.29) is 12.6 Å². The standard InChI is InChI=1S/C23H32N6O2.C2H6/c1-5-11-29(12-6-2)21-13-17(26-22(27-21)31-16-23(3,4)30)14-25-28-20-15-24-19-10-8-7-9-18(19)20;1-2/h7-10,13-15,24,28,30H,5-6,11-12,16H2,1-4H3;1-2H3/b25-14+;. The van der Waals surface area contributed by atoms with Crippen molar-refractivity contribution in [1.29, 1.82) is 0 Å². The summed E-state index contributed by atoms with van der Waals surface area (Å²) in [6.07, 6.45) is 5.56. The summed E-state index contributed by atoms with van der Waals surface area (Å²) in [4.78, 5) is 14.4. The molecule has 3 rings (SSSR count). The van der Waals surface area contributed by atoms with E-state index in [2.05, 4.69) is 44.2 Å². The Morgan fingerprint density at radius 3 is 2.52 bits per heavy atom. The van der Waals surface area contributed by atoms with E-state index >= 15 is 0 Å². The van der Waals surface area contributed by atoms with Crippen molar-refractivity contribution in [2.45, 2.75) is 60.0 Å². The van der Waals surface area contributed by atoms with Crippen LogP contribution in [0.3, 0.4) is 0 Å². The van der Waals surface area contributed by atoms with Gasteiger partial charge in [-0.25, -0.2) is 0 Å². The van der Waals surface area contributed by atoms with Crippen LogP contribution in [0.1, 0.15) is 60.1 Å². The van der Waals surface area contributed by atoms with Crippen LogP contribution in [-0.4, -0.2) is 51.6 Å². The highest BCUT2D eigenvalue weighted by molar-refractivity contribution is 5.92. The minimum absolute atomic E-state index is 0.0994. The van der Waals surface area contributed by atoms with Gasteiger partial charge in [0.05, 0.1) is 23.2 Å². The number of aromatic nitrogens is 3. The third kappa shape index (κ3) is 8.05. The number of hydrogen-bond acceptors (Lipinski definition) is 7. The molecule has 0 unspecified atom stereocenters. The molecule has 1 aromatic carbocycles. The zero-order chi connectivity index (χ0) is 24.3. The van der Waals surface area contributed by atoms with Gasteiger partial charge in [0.25, 0.3) is 0 Å². The van der Waals surface area contributed by atoms with Crippen molar-refractivity contribution < 1.29 is 9.84 Å². The molecule has 8 heteroatoms. The van der Waals surface area contributed by atoms with Crippen LogP contribution >= 0.6 is 0 Å². The molecule has 3 N–H and O–H groups in total.